The van der Waals surface area contributed by atoms with Crippen molar-refractivity contribution >= 4 is 5.91 Å². The summed E-state index contributed by atoms with van der Waals surface area (Å²) < 4.78 is 35.6. The van der Waals surface area contributed by atoms with E-state index >= 15 is 0 Å². The van der Waals surface area contributed by atoms with Gasteiger partial charge in [-0.25, -0.2) is 4.39 Å². The van der Waals surface area contributed by atoms with Gasteiger partial charge in [0.1, 0.15) is 6.17 Å². The normalized spacial score (nSPS) is 13.0. The maximum Gasteiger partial charge on any atom is 0.216 e. The number of alkyl halides is 1. The van der Waals surface area contributed by atoms with E-state index in [1.54, 1.807) is 13.8 Å². The van der Waals surface area contributed by atoms with Crippen molar-refractivity contribution in [3.63, 3.8) is 0 Å². The molecule has 1 amide bonds. The molecule has 150 valence electrons. The van der Waals surface area contributed by atoms with Crippen LogP contribution in [0.5, 0.6) is 0 Å². The van der Waals surface area contributed by atoms with Crippen LogP contribution < -0.4 is 10.6 Å². The van der Waals surface area contributed by atoms with Crippen molar-refractivity contribution in [2.75, 3.05) is 65.9 Å². The summed E-state index contributed by atoms with van der Waals surface area (Å²) in [7, 11) is 0. The molecule has 7 nitrogen and oxygen atoms in total. The van der Waals surface area contributed by atoms with Crippen molar-refractivity contribution < 1.29 is 28.1 Å². The molecule has 1 unspecified atom stereocenters. The third-order valence-corrected chi connectivity index (χ3v) is 3.40. The topological polar surface area (TPSA) is 78.1 Å². The van der Waals surface area contributed by atoms with E-state index in [0.717, 1.165) is 13.1 Å². The summed E-state index contributed by atoms with van der Waals surface area (Å²) >= 11 is 0. The Morgan fingerprint density at radius 3 is 2.04 bits per heavy atom. The van der Waals surface area contributed by atoms with Crippen molar-refractivity contribution in [2.24, 2.45) is 0 Å². The first-order valence-electron chi connectivity index (χ1n) is 8.86. The van der Waals surface area contributed by atoms with Crippen LogP contribution in [0.2, 0.25) is 0 Å². The molecule has 0 aliphatic carbocycles. The zero-order valence-electron chi connectivity index (χ0n) is 16.1. The fraction of sp³-hybridized carbons (Fsp3) is 0.941. The minimum atomic E-state index is -1.28. The first-order valence-corrected chi connectivity index (χ1v) is 8.86. The highest BCUT2D eigenvalue weighted by molar-refractivity contribution is 5.72. The first kappa shape index (κ1) is 24.2. The lowest BCUT2D eigenvalue weighted by Gasteiger charge is -2.29. The summed E-state index contributed by atoms with van der Waals surface area (Å²) in [6, 6.07) is 0. The van der Waals surface area contributed by atoms with Gasteiger partial charge in [0.15, 0.2) is 0 Å². The lowest BCUT2D eigenvalue weighted by atomic mass is 10.0. The van der Waals surface area contributed by atoms with Crippen molar-refractivity contribution in [1.29, 1.82) is 0 Å². The molecule has 25 heavy (non-hydrogen) atoms. The monoisotopic (exact) mass is 366 g/mol. The zero-order valence-corrected chi connectivity index (χ0v) is 16.1. The van der Waals surface area contributed by atoms with E-state index < -0.39 is 11.8 Å². The Morgan fingerprint density at radius 2 is 1.52 bits per heavy atom. The Balaban J connectivity index is 3.43. The molecule has 0 fully saturated rings. The molecule has 2 N–H and O–H groups in total. The third kappa shape index (κ3) is 15.2. The second-order valence-electron chi connectivity index (χ2n) is 6.05. The quantitative estimate of drug-likeness (QED) is 0.373. The number of rotatable bonds is 17. The van der Waals surface area contributed by atoms with Gasteiger partial charge in [-0.05, 0) is 20.4 Å². The Bertz CT molecular complexity index is 332. The van der Waals surface area contributed by atoms with Gasteiger partial charge in [-0.15, -0.1) is 0 Å². The minimum Gasteiger partial charge on any atom is -0.378 e. The Morgan fingerprint density at radius 1 is 1.00 bits per heavy atom. The van der Waals surface area contributed by atoms with Crippen LogP contribution in [0.1, 0.15) is 27.7 Å². The van der Waals surface area contributed by atoms with E-state index in [2.05, 4.69) is 17.6 Å². The molecule has 0 spiro atoms. The standard InChI is InChI=1S/C17H35FN2O5/c1-5-19-6-7-22-8-9-23-10-11-24-12-13-25-17(3,4)16(18)14-20-15(2)21/h16,19H,5-14H2,1-4H3,(H,20,21). The highest BCUT2D eigenvalue weighted by Crippen LogP contribution is 2.17. The second-order valence-corrected chi connectivity index (χ2v) is 6.05. The van der Waals surface area contributed by atoms with Gasteiger partial charge in [0, 0.05) is 13.5 Å². The molecule has 0 aliphatic heterocycles. The van der Waals surface area contributed by atoms with Gasteiger partial charge in [-0.1, -0.05) is 6.92 Å². The number of halogens is 1. The van der Waals surface area contributed by atoms with Gasteiger partial charge in [-0.3, -0.25) is 4.79 Å². The van der Waals surface area contributed by atoms with Crippen LogP contribution in [-0.2, 0) is 23.7 Å². The summed E-state index contributed by atoms with van der Waals surface area (Å²) in [6.45, 7) is 11.8. The first-order chi connectivity index (χ1) is 11.9. The maximum absolute atomic E-state index is 14.0. The van der Waals surface area contributed by atoms with Crippen molar-refractivity contribution in [2.45, 2.75) is 39.5 Å². The Hall–Kier alpha value is -0.800. The number of ether oxygens (including phenoxy) is 4. The van der Waals surface area contributed by atoms with E-state index in [1.165, 1.54) is 6.92 Å². The Kier molecular flexibility index (Phi) is 15.0. The van der Waals surface area contributed by atoms with Crippen molar-refractivity contribution in [3.05, 3.63) is 0 Å². The van der Waals surface area contributed by atoms with E-state index in [-0.39, 0.29) is 19.1 Å². The average molecular weight is 366 g/mol. The van der Waals surface area contributed by atoms with Crippen molar-refractivity contribution in [1.82, 2.24) is 10.6 Å². The van der Waals surface area contributed by atoms with Crippen LogP contribution in [0.3, 0.4) is 0 Å². The van der Waals surface area contributed by atoms with Gasteiger partial charge in [0.2, 0.25) is 5.91 Å². The number of hydrogen-bond donors (Lipinski definition) is 2. The van der Waals surface area contributed by atoms with Crippen LogP contribution in [-0.4, -0.2) is 83.6 Å². The van der Waals surface area contributed by atoms with Crippen LogP contribution in [0.15, 0.2) is 0 Å². The fourth-order valence-electron chi connectivity index (χ4n) is 1.80. The Labute approximate surface area is 150 Å². The molecule has 0 aromatic rings. The zero-order chi connectivity index (χ0) is 19.0. The van der Waals surface area contributed by atoms with Gasteiger partial charge < -0.3 is 29.6 Å². The summed E-state index contributed by atoms with van der Waals surface area (Å²) in [5, 5.41) is 5.61. The van der Waals surface area contributed by atoms with Crippen LogP contribution in [0.4, 0.5) is 4.39 Å². The van der Waals surface area contributed by atoms with Gasteiger partial charge >= 0.3 is 0 Å². The van der Waals surface area contributed by atoms with Crippen LogP contribution >= 0.6 is 0 Å². The summed E-state index contributed by atoms with van der Waals surface area (Å²) in [5.74, 6) is -0.259. The van der Waals surface area contributed by atoms with Gasteiger partial charge in [-0.2, -0.15) is 0 Å². The molecule has 0 heterocycles. The third-order valence-electron chi connectivity index (χ3n) is 3.40. The molecule has 0 radical (unpaired) electrons. The number of amides is 1. The smallest absolute Gasteiger partial charge is 0.216 e. The van der Waals surface area contributed by atoms with Crippen molar-refractivity contribution in [3.8, 4) is 0 Å². The molecule has 0 aromatic heterocycles. The highest BCUT2D eigenvalue weighted by atomic mass is 19.1. The van der Waals surface area contributed by atoms with E-state index in [1.807, 2.05) is 0 Å². The fourth-order valence-corrected chi connectivity index (χ4v) is 1.80. The molecule has 0 aromatic carbocycles. The molecule has 8 heteroatoms. The predicted molar refractivity (Wildman–Crippen MR) is 94.6 cm³/mol. The molecule has 0 rings (SSSR count). The molecule has 0 saturated carbocycles. The SMILES string of the molecule is CCNCCOCCOCCOCCOC(C)(C)C(F)CNC(C)=O. The molecule has 0 saturated heterocycles. The average Bonchev–Trinajstić information content (AvgIpc) is 2.56. The van der Waals surface area contributed by atoms with Crippen LogP contribution in [0, 0.1) is 0 Å². The van der Waals surface area contributed by atoms with Crippen LogP contribution in [0.25, 0.3) is 0 Å². The predicted octanol–water partition coefficient (Wildman–Crippen LogP) is 0.915. The summed E-state index contributed by atoms with van der Waals surface area (Å²) in [6.07, 6.45) is -1.28. The number of nitrogens with one attached hydrogen (secondary N) is 2. The lowest BCUT2D eigenvalue weighted by molar-refractivity contribution is -0.120. The summed E-state index contributed by atoms with van der Waals surface area (Å²) in [5.41, 5.74) is -0.980. The molecular formula is C17H35FN2O5. The largest absolute Gasteiger partial charge is 0.378 e. The van der Waals surface area contributed by atoms with E-state index in [0.29, 0.717) is 39.6 Å². The molecule has 0 aliphatic rings. The maximum atomic E-state index is 14.0. The van der Waals surface area contributed by atoms with E-state index in [4.69, 9.17) is 18.9 Å². The number of carbonyl (C=O) groups excluding carboxylic acids is 1. The minimum absolute atomic E-state index is 0.0619. The molecule has 1 atom stereocenters. The van der Waals surface area contributed by atoms with E-state index in [9.17, 15) is 9.18 Å². The number of hydrogen-bond acceptors (Lipinski definition) is 6. The number of likely N-dealkylation sites (N-methyl/N-ethyl adjacent to an activating group) is 1. The second kappa shape index (κ2) is 15.5. The number of carbonyl (C=O) groups is 1. The highest BCUT2D eigenvalue weighted by Gasteiger charge is 2.30. The van der Waals surface area contributed by atoms with Gasteiger partial charge in [0.25, 0.3) is 0 Å². The van der Waals surface area contributed by atoms with Gasteiger partial charge in [0.05, 0.1) is 58.4 Å². The molecule has 0 bridgehead atoms. The summed E-state index contributed by atoms with van der Waals surface area (Å²) in [4.78, 5) is 10.8. The lowest BCUT2D eigenvalue weighted by Crippen LogP contribution is -2.44. The molecular weight excluding hydrogens is 331 g/mol.